The molecule has 1 rings (SSSR count). The molecular weight excluding hydrogens is 214 g/mol. The maximum absolute atomic E-state index is 11.5. The maximum atomic E-state index is 11.5. The van der Waals surface area contributed by atoms with E-state index in [0.29, 0.717) is 5.92 Å². The molecule has 3 heteroatoms. The fourth-order valence-corrected chi connectivity index (χ4v) is 1.49. The zero-order valence-corrected chi connectivity index (χ0v) is 11.2. The number of ether oxygens (including phenoxy) is 1. The molecule has 0 atom stereocenters. The van der Waals surface area contributed by atoms with Gasteiger partial charge in [-0.25, -0.2) is 4.79 Å². The van der Waals surface area contributed by atoms with Crippen molar-refractivity contribution in [1.29, 1.82) is 0 Å². The molecule has 0 aromatic heterocycles. The first kappa shape index (κ1) is 13.6. The summed E-state index contributed by atoms with van der Waals surface area (Å²) >= 11 is 0. The SMILES string of the molecule is Cc1ccc(C(C)C)cc1NC(=O)OC(C)C. The quantitative estimate of drug-likeness (QED) is 0.857. The molecular formula is C14H21NO2. The van der Waals surface area contributed by atoms with Gasteiger partial charge in [0.2, 0.25) is 0 Å². The van der Waals surface area contributed by atoms with E-state index in [4.69, 9.17) is 4.74 Å². The molecule has 17 heavy (non-hydrogen) atoms. The Labute approximate surface area is 103 Å². The second-order valence-electron chi connectivity index (χ2n) is 4.81. The first-order valence-corrected chi connectivity index (χ1v) is 5.98. The smallest absolute Gasteiger partial charge is 0.411 e. The van der Waals surface area contributed by atoms with E-state index in [-0.39, 0.29) is 6.10 Å². The van der Waals surface area contributed by atoms with Crippen molar-refractivity contribution in [2.24, 2.45) is 0 Å². The van der Waals surface area contributed by atoms with Crippen molar-refractivity contribution in [1.82, 2.24) is 0 Å². The predicted octanol–water partition coefficient (Wildman–Crippen LogP) is 4.08. The highest BCUT2D eigenvalue weighted by Crippen LogP contribution is 2.22. The molecule has 0 fully saturated rings. The summed E-state index contributed by atoms with van der Waals surface area (Å²) < 4.78 is 5.06. The lowest BCUT2D eigenvalue weighted by atomic mass is 10.0. The van der Waals surface area contributed by atoms with E-state index in [9.17, 15) is 4.79 Å². The van der Waals surface area contributed by atoms with Crippen molar-refractivity contribution in [2.45, 2.75) is 46.6 Å². The summed E-state index contributed by atoms with van der Waals surface area (Å²) in [6.07, 6.45) is -0.507. The van der Waals surface area contributed by atoms with E-state index in [1.165, 1.54) is 5.56 Å². The minimum Gasteiger partial charge on any atom is -0.447 e. The first-order valence-electron chi connectivity index (χ1n) is 5.98. The van der Waals surface area contributed by atoms with Crippen molar-refractivity contribution in [3.05, 3.63) is 29.3 Å². The fraction of sp³-hybridized carbons (Fsp3) is 0.500. The molecule has 94 valence electrons. The number of aryl methyl sites for hydroxylation is 1. The zero-order chi connectivity index (χ0) is 13.0. The Morgan fingerprint density at radius 3 is 2.41 bits per heavy atom. The number of carbonyl (C=O) groups excluding carboxylic acids is 1. The normalized spacial score (nSPS) is 10.8. The average Bonchev–Trinajstić information content (AvgIpc) is 2.19. The molecule has 0 aliphatic rings. The number of amides is 1. The Balaban J connectivity index is 2.82. The van der Waals surface area contributed by atoms with Gasteiger partial charge >= 0.3 is 6.09 Å². The molecule has 0 heterocycles. The lowest BCUT2D eigenvalue weighted by molar-refractivity contribution is 0.130. The third-order valence-corrected chi connectivity index (χ3v) is 2.51. The third kappa shape index (κ3) is 4.10. The van der Waals surface area contributed by atoms with E-state index in [2.05, 4.69) is 25.2 Å². The van der Waals surface area contributed by atoms with E-state index >= 15 is 0 Å². The van der Waals surface area contributed by atoms with Gasteiger partial charge < -0.3 is 4.74 Å². The van der Waals surface area contributed by atoms with Gasteiger partial charge in [0.05, 0.1) is 6.10 Å². The summed E-state index contributed by atoms with van der Waals surface area (Å²) in [4.78, 5) is 11.5. The van der Waals surface area contributed by atoms with Gasteiger partial charge in [0, 0.05) is 5.69 Å². The van der Waals surface area contributed by atoms with Gasteiger partial charge in [-0.05, 0) is 43.9 Å². The van der Waals surface area contributed by atoms with E-state index in [1.807, 2.05) is 32.9 Å². The van der Waals surface area contributed by atoms with Gasteiger partial charge in [0.15, 0.2) is 0 Å². The molecule has 0 radical (unpaired) electrons. The van der Waals surface area contributed by atoms with Crippen LogP contribution in [0.2, 0.25) is 0 Å². The van der Waals surface area contributed by atoms with Crippen LogP contribution in [0.3, 0.4) is 0 Å². The molecule has 1 amide bonds. The molecule has 0 saturated carbocycles. The highest BCUT2D eigenvalue weighted by molar-refractivity contribution is 5.85. The number of hydrogen-bond acceptors (Lipinski definition) is 2. The Hall–Kier alpha value is -1.51. The molecule has 1 aromatic carbocycles. The molecule has 0 unspecified atom stereocenters. The number of nitrogens with one attached hydrogen (secondary N) is 1. The summed E-state index contributed by atoms with van der Waals surface area (Å²) in [5.41, 5.74) is 3.06. The minimum atomic E-state index is -0.399. The van der Waals surface area contributed by atoms with Gasteiger partial charge in [-0.2, -0.15) is 0 Å². The number of rotatable bonds is 3. The number of carbonyl (C=O) groups is 1. The second kappa shape index (κ2) is 5.71. The van der Waals surface area contributed by atoms with Gasteiger partial charge in [-0.15, -0.1) is 0 Å². The van der Waals surface area contributed by atoms with Crippen LogP contribution in [0.5, 0.6) is 0 Å². The largest absolute Gasteiger partial charge is 0.447 e. The van der Waals surface area contributed by atoms with E-state index in [1.54, 1.807) is 0 Å². The monoisotopic (exact) mass is 235 g/mol. The molecule has 0 aliphatic carbocycles. The van der Waals surface area contributed by atoms with Crippen LogP contribution in [-0.4, -0.2) is 12.2 Å². The Morgan fingerprint density at radius 2 is 1.88 bits per heavy atom. The fourth-order valence-electron chi connectivity index (χ4n) is 1.49. The summed E-state index contributed by atoms with van der Waals surface area (Å²) in [7, 11) is 0. The molecule has 0 bridgehead atoms. The Morgan fingerprint density at radius 1 is 1.24 bits per heavy atom. The number of hydrogen-bond donors (Lipinski definition) is 1. The van der Waals surface area contributed by atoms with Crippen LogP contribution >= 0.6 is 0 Å². The van der Waals surface area contributed by atoms with Crippen LogP contribution < -0.4 is 5.32 Å². The third-order valence-electron chi connectivity index (χ3n) is 2.51. The summed E-state index contributed by atoms with van der Waals surface area (Å²) in [6, 6.07) is 6.10. The van der Waals surface area contributed by atoms with Crippen molar-refractivity contribution in [3.8, 4) is 0 Å². The molecule has 1 N–H and O–H groups in total. The van der Waals surface area contributed by atoms with Crippen LogP contribution in [0, 0.1) is 6.92 Å². The van der Waals surface area contributed by atoms with Gasteiger partial charge in [0.1, 0.15) is 0 Å². The lowest BCUT2D eigenvalue weighted by Gasteiger charge is -2.13. The van der Waals surface area contributed by atoms with Crippen LogP contribution in [0.1, 0.15) is 44.7 Å². The van der Waals surface area contributed by atoms with Crippen LogP contribution in [0.4, 0.5) is 10.5 Å². The molecule has 1 aromatic rings. The maximum Gasteiger partial charge on any atom is 0.411 e. The highest BCUT2D eigenvalue weighted by Gasteiger charge is 2.09. The summed E-state index contributed by atoms with van der Waals surface area (Å²) in [5, 5.41) is 2.78. The highest BCUT2D eigenvalue weighted by atomic mass is 16.6. The summed E-state index contributed by atoms with van der Waals surface area (Å²) in [6.45, 7) is 9.88. The predicted molar refractivity (Wildman–Crippen MR) is 70.5 cm³/mol. The van der Waals surface area contributed by atoms with Gasteiger partial charge in [0.25, 0.3) is 0 Å². The summed E-state index contributed by atoms with van der Waals surface area (Å²) in [5.74, 6) is 0.442. The first-order chi connectivity index (χ1) is 7.90. The minimum absolute atomic E-state index is 0.108. The standard InChI is InChI=1S/C14H21NO2/c1-9(2)12-7-6-11(5)13(8-12)15-14(16)17-10(3)4/h6-10H,1-5H3,(H,15,16). The Kier molecular flexibility index (Phi) is 4.55. The second-order valence-corrected chi connectivity index (χ2v) is 4.81. The molecule has 0 spiro atoms. The average molecular weight is 235 g/mol. The van der Waals surface area contributed by atoms with Gasteiger partial charge in [-0.3, -0.25) is 5.32 Å². The topological polar surface area (TPSA) is 38.3 Å². The van der Waals surface area contributed by atoms with Crippen molar-refractivity contribution < 1.29 is 9.53 Å². The number of anilines is 1. The van der Waals surface area contributed by atoms with Gasteiger partial charge in [-0.1, -0.05) is 26.0 Å². The van der Waals surface area contributed by atoms with Crippen LogP contribution in [0.25, 0.3) is 0 Å². The van der Waals surface area contributed by atoms with E-state index in [0.717, 1.165) is 11.3 Å². The number of benzene rings is 1. The Bertz CT molecular complexity index is 397. The molecule has 3 nitrogen and oxygen atoms in total. The molecule has 0 aliphatic heterocycles. The van der Waals surface area contributed by atoms with Crippen LogP contribution in [0.15, 0.2) is 18.2 Å². The van der Waals surface area contributed by atoms with Crippen LogP contribution in [-0.2, 0) is 4.74 Å². The van der Waals surface area contributed by atoms with E-state index < -0.39 is 6.09 Å². The lowest BCUT2D eigenvalue weighted by Crippen LogP contribution is -2.18. The van der Waals surface area contributed by atoms with Crippen molar-refractivity contribution >= 4 is 11.8 Å². The zero-order valence-electron chi connectivity index (χ0n) is 11.2. The van der Waals surface area contributed by atoms with Crippen molar-refractivity contribution in [3.63, 3.8) is 0 Å². The van der Waals surface area contributed by atoms with Crippen molar-refractivity contribution in [2.75, 3.05) is 5.32 Å². The molecule has 0 saturated heterocycles.